The number of hydrogen-bond donors (Lipinski definition) is 2. The molecular weight excluding hydrogens is 295 g/mol. The van der Waals surface area contributed by atoms with Crippen molar-refractivity contribution in [3.8, 4) is 5.75 Å². The number of halogens is 2. The topological polar surface area (TPSA) is 47.3 Å². The van der Waals surface area contributed by atoms with Crippen LogP contribution in [0.5, 0.6) is 5.75 Å². The van der Waals surface area contributed by atoms with Crippen LogP contribution in [0.1, 0.15) is 43.7 Å². The van der Waals surface area contributed by atoms with Gasteiger partial charge in [-0.1, -0.05) is 23.2 Å². The first-order valence-corrected chi connectivity index (χ1v) is 8.02. The Morgan fingerprint density at radius 3 is 2.60 bits per heavy atom. The average Bonchev–Trinajstić information content (AvgIpc) is 2.42. The van der Waals surface area contributed by atoms with Crippen LogP contribution in [-0.2, 0) is 0 Å². The van der Waals surface area contributed by atoms with Crippen LogP contribution >= 0.6 is 23.2 Å². The van der Waals surface area contributed by atoms with Crippen LogP contribution in [0.25, 0.3) is 0 Å². The van der Waals surface area contributed by atoms with E-state index >= 15 is 0 Å². The molecule has 3 N–H and O–H groups in total. The summed E-state index contributed by atoms with van der Waals surface area (Å²) >= 11 is 12.3. The summed E-state index contributed by atoms with van der Waals surface area (Å²) in [7, 11) is 0. The highest BCUT2D eigenvalue weighted by molar-refractivity contribution is 6.35. The van der Waals surface area contributed by atoms with Gasteiger partial charge in [-0.2, -0.15) is 0 Å². The molecule has 1 aromatic rings. The Bertz CT molecular complexity index is 487. The maximum atomic E-state index is 6.22. The first kappa shape index (κ1) is 14.5. The van der Waals surface area contributed by atoms with Crippen LogP contribution < -0.4 is 15.8 Å². The van der Waals surface area contributed by atoms with E-state index in [1.54, 1.807) is 6.07 Å². The molecule has 0 radical (unpaired) electrons. The molecule has 1 aliphatic heterocycles. The number of nitrogens with two attached hydrogens (primary N) is 1. The van der Waals surface area contributed by atoms with Crippen molar-refractivity contribution in [2.45, 2.75) is 50.2 Å². The lowest BCUT2D eigenvalue weighted by atomic mass is 9.90. The molecule has 1 saturated carbocycles. The second-order valence-electron chi connectivity index (χ2n) is 5.77. The van der Waals surface area contributed by atoms with E-state index < -0.39 is 0 Å². The van der Waals surface area contributed by atoms with Gasteiger partial charge in [-0.3, -0.25) is 0 Å². The Hall–Kier alpha value is -0.480. The molecule has 3 nitrogen and oxygen atoms in total. The minimum Gasteiger partial charge on any atom is -0.492 e. The molecule has 0 spiro atoms. The number of hydrogen-bond acceptors (Lipinski definition) is 3. The Morgan fingerprint density at radius 2 is 1.85 bits per heavy atom. The molecule has 1 unspecified atom stereocenters. The number of fused-ring (bicyclic) bond motifs is 1. The molecular formula is C15H20Cl2N2O. The molecule has 3 rings (SSSR count). The smallest absolute Gasteiger partial charge is 0.142 e. The van der Waals surface area contributed by atoms with E-state index in [1.807, 2.05) is 6.07 Å². The second kappa shape index (κ2) is 6.10. The van der Waals surface area contributed by atoms with Gasteiger partial charge in [0.15, 0.2) is 0 Å². The van der Waals surface area contributed by atoms with Gasteiger partial charge in [0.2, 0.25) is 0 Å². The van der Waals surface area contributed by atoms with Gasteiger partial charge in [-0.15, -0.1) is 0 Å². The zero-order chi connectivity index (χ0) is 14.1. The Kier molecular flexibility index (Phi) is 4.41. The van der Waals surface area contributed by atoms with E-state index in [-0.39, 0.29) is 6.04 Å². The van der Waals surface area contributed by atoms with Crippen molar-refractivity contribution in [3.63, 3.8) is 0 Å². The third kappa shape index (κ3) is 3.06. The van der Waals surface area contributed by atoms with E-state index in [0.717, 1.165) is 43.4 Å². The van der Waals surface area contributed by atoms with Crippen LogP contribution in [0.3, 0.4) is 0 Å². The minimum atomic E-state index is 0.272. The first-order chi connectivity index (χ1) is 9.63. The number of rotatable bonds is 2. The largest absolute Gasteiger partial charge is 0.492 e. The maximum Gasteiger partial charge on any atom is 0.142 e. The highest BCUT2D eigenvalue weighted by Gasteiger charge is 2.27. The molecule has 20 heavy (non-hydrogen) atoms. The molecule has 1 atom stereocenters. The standard InChI is InChI=1S/C15H20Cl2N2O/c16-9-7-12-14(5-6-20-15(12)13(17)8-9)19-11-3-1-10(18)2-4-11/h7-8,10-11,14,19H,1-6,18H2. The summed E-state index contributed by atoms with van der Waals surface area (Å²) in [5.74, 6) is 0.785. The summed E-state index contributed by atoms with van der Waals surface area (Å²) in [6.45, 7) is 0.693. The summed E-state index contributed by atoms with van der Waals surface area (Å²) < 4.78 is 5.70. The molecule has 1 aromatic carbocycles. The van der Waals surface area contributed by atoms with Gasteiger partial charge in [0.25, 0.3) is 0 Å². The van der Waals surface area contributed by atoms with Crippen molar-refractivity contribution >= 4 is 23.2 Å². The van der Waals surface area contributed by atoms with Gasteiger partial charge in [-0.05, 0) is 37.8 Å². The highest BCUT2D eigenvalue weighted by Crippen LogP contribution is 2.40. The van der Waals surface area contributed by atoms with Crippen molar-refractivity contribution < 1.29 is 4.74 Å². The molecule has 1 fully saturated rings. The molecule has 0 amide bonds. The fourth-order valence-electron chi connectivity index (χ4n) is 3.17. The molecule has 110 valence electrons. The summed E-state index contributed by atoms with van der Waals surface area (Å²) in [6, 6.07) is 4.88. The van der Waals surface area contributed by atoms with Gasteiger partial charge in [-0.25, -0.2) is 0 Å². The Morgan fingerprint density at radius 1 is 1.10 bits per heavy atom. The van der Waals surface area contributed by atoms with Crippen molar-refractivity contribution in [1.29, 1.82) is 0 Å². The lowest BCUT2D eigenvalue weighted by molar-refractivity contribution is 0.229. The van der Waals surface area contributed by atoms with Crippen molar-refractivity contribution in [1.82, 2.24) is 5.32 Å². The summed E-state index contributed by atoms with van der Waals surface area (Å²) in [4.78, 5) is 0. The van der Waals surface area contributed by atoms with Crippen LogP contribution in [0.2, 0.25) is 10.0 Å². The molecule has 0 aromatic heterocycles. The summed E-state index contributed by atoms with van der Waals surface area (Å²) in [5.41, 5.74) is 7.05. The Balaban J connectivity index is 1.76. The lowest BCUT2D eigenvalue weighted by Gasteiger charge is -2.34. The van der Waals surface area contributed by atoms with Crippen molar-refractivity contribution in [2.75, 3.05) is 6.61 Å². The van der Waals surface area contributed by atoms with Gasteiger partial charge < -0.3 is 15.8 Å². The van der Waals surface area contributed by atoms with Crippen molar-refractivity contribution in [3.05, 3.63) is 27.7 Å². The fourth-order valence-corrected chi connectivity index (χ4v) is 3.73. The molecule has 2 aliphatic rings. The van der Waals surface area contributed by atoms with Crippen LogP contribution in [0.15, 0.2) is 12.1 Å². The van der Waals surface area contributed by atoms with E-state index in [1.165, 1.54) is 0 Å². The van der Waals surface area contributed by atoms with Gasteiger partial charge in [0.1, 0.15) is 5.75 Å². The zero-order valence-corrected chi connectivity index (χ0v) is 12.9. The van der Waals surface area contributed by atoms with Crippen LogP contribution in [0, 0.1) is 0 Å². The van der Waals surface area contributed by atoms with Crippen LogP contribution in [-0.4, -0.2) is 18.7 Å². The molecule has 0 saturated heterocycles. The maximum absolute atomic E-state index is 6.22. The first-order valence-electron chi connectivity index (χ1n) is 7.27. The van der Waals surface area contributed by atoms with Gasteiger partial charge in [0.05, 0.1) is 11.6 Å². The second-order valence-corrected chi connectivity index (χ2v) is 6.62. The number of benzene rings is 1. The lowest BCUT2D eigenvalue weighted by Crippen LogP contribution is -2.40. The summed E-state index contributed by atoms with van der Waals surface area (Å²) in [5, 5.41) is 5.00. The third-order valence-electron chi connectivity index (χ3n) is 4.27. The molecule has 0 bridgehead atoms. The van der Waals surface area contributed by atoms with Gasteiger partial charge >= 0.3 is 0 Å². The number of ether oxygens (including phenoxy) is 1. The monoisotopic (exact) mass is 314 g/mol. The highest BCUT2D eigenvalue weighted by atomic mass is 35.5. The normalized spacial score (nSPS) is 29.6. The predicted octanol–water partition coefficient (Wildman–Crippen LogP) is 3.68. The molecule has 1 heterocycles. The third-order valence-corrected chi connectivity index (χ3v) is 4.77. The number of nitrogens with one attached hydrogen (secondary N) is 1. The fraction of sp³-hybridized carbons (Fsp3) is 0.600. The average molecular weight is 315 g/mol. The Labute approximate surface area is 129 Å². The van der Waals surface area contributed by atoms with E-state index in [0.29, 0.717) is 28.7 Å². The van der Waals surface area contributed by atoms with E-state index in [2.05, 4.69) is 5.32 Å². The molecule has 5 heteroatoms. The molecule has 1 aliphatic carbocycles. The van der Waals surface area contributed by atoms with Crippen molar-refractivity contribution in [2.24, 2.45) is 5.73 Å². The van der Waals surface area contributed by atoms with Crippen LogP contribution in [0.4, 0.5) is 0 Å². The zero-order valence-electron chi connectivity index (χ0n) is 11.4. The quantitative estimate of drug-likeness (QED) is 0.875. The van der Waals surface area contributed by atoms with Gasteiger partial charge in [0, 0.05) is 35.1 Å². The minimum absolute atomic E-state index is 0.272. The van der Waals surface area contributed by atoms with E-state index in [4.69, 9.17) is 33.7 Å². The SMILES string of the molecule is NC1CCC(NC2CCOc3c(Cl)cc(Cl)cc32)CC1. The van der Waals surface area contributed by atoms with E-state index in [9.17, 15) is 0 Å². The summed E-state index contributed by atoms with van der Waals surface area (Å²) in [6.07, 6.45) is 5.44. The predicted molar refractivity (Wildman–Crippen MR) is 82.7 cm³/mol.